The van der Waals surface area contributed by atoms with E-state index in [-0.39, 0.29) is 23.9 Å². The number of aromatic nitrogens is 2. The van der Waals surface area contributed by atoms with Crippen LogP contribution in [0.15, 0.2) is 17.2 Å². The van der Waals surface area contributed by atoms with E-state index in [1.807, 2.05) is 13.0 Å². The molecular weight excluding hydrogens is 340 g/mol. The highest BCUT2D eigenvalue weighted by atomic mass is 32.1. The summed E-state index contributed by atoms with van der Waals surface area (Å²) in [7, 11) is 0. The van der Waals surface area contributed by atoms with Crippen LogP contribution in [0.5, 0.6) is 0 Å². The van der Waals surface area contributed by atoms with E-state index in [0.29, 0.717) is 10.2 Å². The second kappa shape index (κ2) is 7.77. The first-order valence-electron chi connectivity index (χ1n) is 8.66. The lowest BCUT2D eigenvalue weighted by atomic mass is 9.89. The molecule has 1 aliphatic rings. The van der Waals surface area contributed by atoms with Gasteiger partial charge in [-0.1, -0.05) is 26.2 Å². The van der Waals surface area contributed by atoms with Gasteiger partial charge in [-0.25, -0.2) is 9.66 Å². The Morgan fingerprint density at radius 1 is 1.32 bits per heavy atom. The number of hydrogen-bond acceptors (Lipinski definition) is 5. The predicted octanol–water partition coefficient (Wildman–Crippen LogP) is 1.79. The number of carbonyl (C=O) groups is 2. The van der Waals surface area contributed by atoms with Crippen molar-refractivity contribution in [2.45, 2.75) is 45.4 Å². The topological polar surface area (TPSA) is 93.1 Å². The Hall–Kier alpha value is -2.22. The minimum absolute atomic E-state index is 0.000519. The van der Waals surface area contributed by atoms with Crippen LogP contribution in [0.1, 0.15) is 43.9 Å². The summed E-state index contributed by atoms with van der Waals surface area (Å²) in [5, 5.41) is 3.15. The second-order valence-corrected chi connectivity index (χ2v) is 7.41. The number of rotatable bonds is 5. The van der Waals surface area contributed by atoms with Gasteiger partial charge in [-0.3, -0.25) is 19.8 Å². The van der Waals surface area contributed by atoms with Crippen molar-refractivity contribution in [3.63, 3.8) is 0 Å². The number of nitrogens with one attached hydrogen (secondary N) is 2. The van der Waals surface area contributed by atoms with Crippen LogP contribution in [0.25, 0.3) is 10.2 Å². The Morgan fingerprint density at radius 2 is 2.08 bits per heavy atom. The molecule has 2 heterocycles. The number of fused-ring (bicyclic) bond motifs is 1. The Morgan fingerprint density at radius 3 is 2.80 bits per heavy atom. The van der Waals surface area contributed by atoms with Crippen molar-refractivity contribution in [2.75, 3.05) is 12.0 Å². The fraction of sp³-hybridized carbons (Fsp3) is 0.529. The summed E-state index contributed by atoms with van der Waals surface area (Å²) in [5.74, 6) is -0.528. The van der Waals surface area contributed by atoms with Crippen LogP contribution in [0, 0.1) is 5.92 Å². The van der Waals surface area contributed by atoms with Crippen LogP contribution in [-0.4, -0.2) is 28.0 Å². The van der Waals surface area contributed by atoms with Gasteiger partial charge in [0.25, 0.3) is 11.5 Å². The van der Waals surface area contributed by atoms with E-state index in [9.17, 15) is 14.4 Å². The third kappa shape index (κ3) is 4.07. The second-order valence-electron chi connectivity index (χ2n) is 6.29. The highest BCUT2D eigenvalue weighted by molar-refractivity contribution is 7.18. The average Bonchev–Trinajstić information content (AvgIpc) is 3.07. The third-order valence-electron chi connectivity index (χ3n) is 4.50. The van der Waals surface area contributed by atoms with Crippen LogP contribution in [-0.2, 0) is 16.0 Å². The molecule has 0 radical (unpaired) electrons. The Balaban J connectivity index is 1.60. The van der Waals surface area contributed by atoms with Gasteiger partial charge in [0.15, 0.2) is 0 Å². The average molecular weight is 362 g/mol. The van der Waals surface area contributed by atoms with E-state index in [4.69, 9.17) is 0 Å². The molecule has 0 spiro atoms. The summed E-state index contributed by atoms with van der Waals surface area (Å²) >= 11 is 1.47. The molecule has 0 atom stereocenters. The zero-order chi connectivity index (χ0) is 17.8. The van der Waals surface area contributed by atoms with Gasteiger partial charge >= 0.3 is 0 Å². The Bertz CT molecular complexity index is 836. The predicted molar refractivity (Wildman–Crippen MR) is 97.2 cm³/mol. The van der Waals surface area contributed by atoms with E-state index in [1.165, 1.54) is 24.1 Å². The lowest BCUT2D eigenvalue weighted by Gasteiger charge is -2.20. The summed E-state index contributed by atoms with van der Waals surface area (Å²) in [6, 6.07) is 1.81. The maximum atomic E-state index is 12.4. The SMILES string of the molecule is CCc1cc2c(=O)n(NC(=O)CNC(=O)C3CCCCC3)cnc2s1. The number of amides is 2. The third-order valence-corrected chi connectivity index (χ3v) is 5.68. The molecule has 1 fully saturated rings. The molecule has 2 aromatic heterocycles. The molecule has 0 saturated heterocycles. The fourth-order valence-electron chi connectivity index (χ4n) is 3.08. The number of nitrogens with zero attached hydrogens (tertiary/aromatic N) is 2. The van der Waals surface area contributed by atoms with Gasteiger partial charge in [0.2, 0.25) is 5.91 Å². The minimum atomic E-state index is -0.446. The summed E-state index contributed by atoms with van der Waals surface area (Å²) in [6.07, 6.45) is 7.20. The van der Waals surface area contributed by atoms with Crippen molar-refractivity contribution >= 4 is 33.4 Å². The Kier molecular flexibility index (Phi) is 5.47. The van der Waals surface area contributed by atoms with Crippen molar-refractivity contribution in [3.05, 3.63) is 27.6 Å². The molecule has 2 aromatic rings. The maximum Gasteiger partial charge on any atom is 0.280 e. The van der Waals surface area contributed by atoms with Gasteiger partial charge in [0.05, 0.1) is 11.9 Å². The highest BCUT2D eigenvalue weighted by Crippen LogP contribution is 2.23. The smallest absolute Gasteiger partial charge is 0.280 e. The quantitative estimate of drug-likeness (QED) is 0.848. The largest absolute Gasteiger partial charge is 0.347 e. The van der Waals surface area contributed by atoms with Crippen molar-refractivity contribution in [2.24, 2.45) is 5.92 Å². The molecule has 0 aromatic carbocycles. The first-order valence-corrected chi connectivity index (χ1v) is 9.47. The lowest BCUT2D eigenvalue weighted by Crippen LogP contribution is -2.41. The van der Waals surface area contributed by atoms with Crippen LogP contribution >= 0.6 is 11.3 Å². The highest BCUT2D eigenvalue weighted by Gasteiger charge is 2.21. The number of carbonyl (C=O) groups excluding carboxylic acids is 2. The first kappa shape index (κ1) is 17.6. The molecule has 134 valence electrons. The van der Waals surface area contributed by atoms with Crippen LogP contribution in [0.2, 0.25) is 0 Å². The molecular formula is C17H22N4O3S. The molecule has 1 saturated carbocycles. The fourth-order valence-corrected chi connectivity index (χ4v) is 4.00. The zero-order valence-corrected chi connectivity index (χ0v) is 15.0. The summed E-state index contributed by atoms with van der Waals surface area (Å²) in [4.78, 5) is 42.5. The zero-order valence-electron chi connectivity index (χ0n) is 14.2. The first-order chi connectivity index (χ1) is 12.1. The molecule has 2 N–H and O–H groups in total. The van der Waals surface area contributed by atoms with Gasteiger partial charge in [0, 0.05) is 10.8 Å². The lowest BCUT2D eigenvalue weighted by molar-refractivity contribution is -0.128. The van der Waals surface area contributed by atoms with Gasteiger partial charge in [-0.15, -0.1) is 11.3 Å². The van der Waals surface area contributed by atoms with Crippen molar-refractivity contribution in [1.29, 1.82) is 0 Å². The van der Waals surface area contributed by atoms with Crippen LogP contribution < -0.4 is 16.3 Å². The van der Waals surface area contributed by atoms with E-state index in [2.05, 4.69) is 15.7 Å². The van der Waals surface area contributed by atoms with Crippen molar-refractivity contribution in [1.82, 2.24) is 15.0 Å². The molecule has 0 unspecified atom stereocenters. The number of hydrogen-bond donors (Lipinski definition) is 2. The molecule has 7 nitrogen and oxygen atoms in total. The van der Waals surface area contributed by atoms with E-state index >= 15 is 0 Å². The number of aryl methyl sites for hydroxylation is 1. The molecule has 0 bridgehead atoms. The van der Waals surface area contributed by atoms with Crippen molar-refractivity contribution in [3.8, 4) is 0 Å². The molecule has 3 rings (SSSR count). The molecule has 8 heteroatoms. The maximum absolute atomic E-state index is 12.4. The standard InChI is InChI=1S/C17H22N4O3S/c1-2-12-8-13-16(25-12)19-10-21(17(13)24)20-14(22)9-18-15(23)11-6-4-3-5-7-11/h8,10-11H,2-7,9H2,1H3,(H,18,23)(H,20,22). The monoisotopic (exact) mass is 362 g/mol. The molecule has 1 aliphatic carbocycles. The minimum Gasteiger partial charge on any atom is -0.347 e. The van der Waals surface area contributed by atoms with Crippen LogP contribution in [0.4, 0.5) is 0 Å². The van der Waals surface area contributed by atoms with Gasteiger partial charge < -0.3 is 5.32 Å². The van der Waals surface area contributed by atoms with Gasteiger partial charge in [-0.05, 0) is 25.3 Å². The molecule has 25 heavy (non-hydrogen) atoms. The van der Waals surface area contributed by atoms with E-state index < -0.39 is 5.91 Å². The Labute approximate surface area is 149 Å². The normalized spacial score (nSPS) is 15.2. The summed E-state index contributed by atoms with van der Waals surface area (Å²) < 4.78 is 1.07. The van der Waals surface area contributed by atoms with Gasteiger partial charge in [0.1, 0.15) is 11.2 Å². The molecule has 2 amide bonds. The van der Waals surface area contributed by atoms with Crippen LogP contribution in [0.3, 0.4) is 0 Å². The van der Waals surface area contributed by atoms with E-state index in [1.54, 1.807) is 0 Å². The van der Waals surface area contributed by atoms with E-state index in [0.717, 1.165) is 41.7 Å². The molecule has 0 aliphatic heterocycles. The summed E-state index contributed by atoms with van der Waals surface area (Å²) in [6.45, 7) is 1.86. The van der Waals surface area contributed by atoms with Crippen molar-refractivity contribution < 1.29 is 9.59 Å². The van der Waals surface area contributed by atoms with Gasteiger partial charge in [-0.2, -0.15) is 0 Å². The summed E-state index contributed by atoms with van der Waals surface area (Å²) in [5.41, 5.74) is 2.17. The number of thiophene rings is 1.